The Morgan fingerprint density at radius 1 is 1.04 bits per heavy atom. The van der Waals surface area contributed by atoms with Crippen LogP contribution < -0.4 is 9.46 Å². The zero-order valence-corrected chi connectivity index (χ0v) is 14.8. The van der Waals surface area contributed by atoms with Crippen LogP contribution in [-0.4, -0.2) is 14.8 Å². The first-order chi connectivity index (χ1) is 11.9. The average Bonchev–Trinajstić information content (AvgIpc) is 2.48. The van der Waals surface area contributed by atoms with Crippen molar-refractivity contribution in [1.82, 2.24) is 4.72 Å². The maximum atomic E-state index is 13.1. The first-order valence-corrected chi connectivity index (χ1v) is 8.85. The van der Waals surface area contributed by atoms with E-state index in [0.717, 1.165) is 18.2 Å². The predicted octanol–water partition coefficient (Wildman–Crippen LogP) is 4.24. The molecule has 0 radical (unpaired) electrons. The molecule has 0 saturated heterocycles. The summed E-state index contributed by atoms with van der Waals surface area (Å²) in [5, 5.41) is 0. The van der Waals surface area contributed by atoms with Gasteiger partial charge >= 0.3 is 6.36 Å². The van der Waals surface area contributed by atoms with Gasteiger partial charge in [0, 0.05) is 11.0 Å². The van der Waals surface area contributed by atoms with Crippen LogP contribution in [0.15, 0.2) is 39.7 Å². The van der Waals surface area contributed by atoms with Crippen LogP contribution >= 0.6 is 15.9 Å². The SMILES string of the molecule is O=S(=O)(NCc1cc(F)c(F)c(F)c1)c1ccc(Br)cc1OC(F)(F)F. The first kappa shape index (κ1) is 20.5. The highest BCUT2D eigenvalue weighted by Crippen LogP contribution is 2.32. The molecule has 0 unspecified atom stereocenters. The molecule has 0 heterocycles. The molecule has 0 fully saturated rings. The van der Waals surface area contributed by atoms with E-state index in [1.807, 2.05) is 4.72 Å². The van der Waals surface area contributed by atoms with E-state index in [0.29, 0.717) is 12.1 Å². The Kier molecular flexibility index (Phi) is 5.88. The first-order valence-electron chi connectivity index (χ1n) is 6.57. The van der Waals surface area contributed by atoms with Crippen molar-refractivity contribution < 1.29 is 39.5 Å². The van der Waals surface area contributed by atoms with Gasteiger partial charge in [-0.05, 0) is 35.9 Å². The fraction of sp³-hybridized carbons (Fsp3) is 0.143. The van der Waals surface area contributed by atoms with Gasteiger partial charge in [-0.2, -0.15) is 0 Å². The van der Waals surface area contributed by atoms with E-state index < -0.39 is 51.0 Å². The molecular weight excluding hydrogens is 456 g/mol. The molecule has 2 aromatic rings. The number of sulfonamides is 1. The van der Waals surface area contributed by atoms with Gasteiger partial charge in [-0.1, -0.05) is 15.9 Å². The van der Waals surface area contributed by atoms with Crippen molar-refractivity contribution in [1.29, 1.82) is 0 Å². The smallest absolute Gasteiger partial charge is 0.404 e. The number of alkyl halides is 3. The van der Waals surface area contributed by atoms with E-state index in [4.69, 9.17) is 0 Å². The fourth-order valence-corrected chi connectivity index (χ4v) is 3.34. The van der Waals surface area contributed by atoms with Crippen molar-refractivity contribution >= 4 is 26.0 Å². The zero-order valence-electron chi connectivity index (χ0n) is 12.4. The van der Waals surface area contributed by atoms with E-state index in [1.165, 1.54) is 0 Å². The third-order valence-electron chi connectivity index (χ3n) is 2.93. The minimum Gasteiger partial charge on any atom is -0.404 e. The van der Waals surface area contributed by atoms with Crippen LogP contribution in [0.5, 0.6) is 5.75 Å². The van der Waals surface area contributed by atoms with Crippen LogP contribution in [0.1, 0.15) is 5.56 Å². The average molecular weight is 464 g/mol. The summed E-state index contributed by atoms with van der Waals surface area (Å²) >= 11 is 2.89. The Hall–Kier alpha value is -1.79. The van der Waals surface area contributed by atoms with Gasteiger partial charge in [0.2, 0.25) is 10.0 Å². The van der Waals surface area contributed by atoms with Gasteiger partial charge in [0.1, 0.15) is 4.90 Å². The van der Waals surface area contributed by atoms with Crippen LogP contribution in [0.4, 0.5) is 26.3 Å². The molecule has 0 aromatic heterocycles. The monoisotopic (exact) mass is 463 g/mol. The lowest BCUT2D eigenvalue weighted by atomic mass is 10.2. The molecule has 0 aliphatic rings. The fourth-order valence-electron chi connectivity index (χ4n) is 1.87. The van der Waals surface area contributed by atoms with Gasteiger partial charge in [-0.25, -0.2) is 26.3 Å². The van der Waals surface area contributed by atoms with Gasteiger partial charge in [0.05, 0.1) is 0 Å². The second-order valence-corrected chi connectivity index (χ2v) is 7.49. The van der Waals surface area contributed by atoms with Crippen molar-refractivity contribution in [3.05, 3.63) is 57.8 Å². The summed E-state index contributed by atoms with van der Waals surface area (Å²) in [5.74, 6) is -5.81. The van der Waals surface area contributed by atoms with Crippen molar-refractivity contribution in [3.63, 3.8) is 0 Å². The molecule has 0 aliphatic heterocycles. The van der Waals surface area contributed by atoms with Gasteiger partial charge < -0.3 is 4.74 Å². The van der Waals surface area contributed by atoms with Crippen molar-refractivity contribution in [3.8, 4) is 5.75 Å². The van der Waals surface area contributed by atoms with Crippen LogP contribution in [0.3, 0.4) is 0 Å². The Balaban J connectivity index is 2.31. The molecule has 0 bridgehead atoms. The number of nitrogens with one attached hydrogen (secondary N) is 1. The summed E-state index contributed by atoms with van der Waals surface area (Å²) in [7, 11) is -4.55. The van der Waals surface area contributed by atoms with Crippen molar-refractivity contribution in [2.45, 2.75) is 17.8 Å². The van der Waals surface area contributed by atoms with E-state index in [2.05, 4.69) is 20.7 Å². The number of benzene rings is 2. The lowest BCUT2D eigenvalue weighted by Gasteiger charge is -2.14. The zero-order chi connectivity index (χ0) is 19.7. The summed E-state index contributed by atoms with van der Waals surface area (Å²) in [6, 6.07) is 3.90. The van der Waals surface area contributed by atoms with E-state index in [9.17, 15) is 34.8 Å². The Labute approximate surface area is 152 Å². The minimum absolute atomic E-state index is 0.123. The Bertz CT molecular complexity index is 910. The lowest BCUT2D eigenvalue weighted by molar-refractivity contribution is -0.275. The Morgan fingerprint density at radius 2 is 1.62 bits per heavy atom. The number of halogens is 7. The minimum atomic E-state index is -5.14. The lowest BCUT2D eigenvalue weighted by Crippen LogP contribution is -2.26. The molecule has 0 amide bonds. The molecule has 142 valence electrons. The maximum absolute atomic E-state index is 13.1. The molecule has 0 saturated carbocycles. The third kappa shape index (κ3) is 5.11. The van der Waals surface area contributed by atoms with Crippen LogP contribution in [0.2, 0.25) is 0 Å². The summed E-state index contributed by atoms with van der Waals surface area (Å²) < 4.78 is 107. The molecule has 12 heteroatoms. The molecular formula is C14H8BrF6NO3S. The highest BCUT2D eigenvalue weighted by Gasteiger charge is 2.34. The van der Waals surface area contributed by atoms with Crippen LogP contribution in [0, 0.1) is 17.5 Å². The molecule has 1 N–H and O–H groups in total. The van der Waals surface area contributed by atoms with Crippen molar-refractivity contribution in [2.24, 2.45) is 0 Å². The predicted molar refractivity (Wildman–Crippen MR) is 81.2 cm³/mol. The second kappa shape index (κ2) is 7.45. The van der Waals surface area contributed by atoms with Gasteiger partial charge in [0.25, 0.3) is 0 Å². The highest BCUT2D eigenvalue weighted by molar-refractivity contribution is 9.10. The number of hydrogen-bond donors (Lipinski definition) is 1. The van der Waals surface area contributed by atoms with Crippen LogP contribution in [-0.2, 0) is 16.6 Å². The normalized spacial score (nSPS) is 12.3. The second-order valence-electron chi connectivity index (χ2n) is 4.84. The quantitative estimate of drug-likeness (QED) is 0.532. The molecule has 4 nitrogen and oxygen atoms in total. The van der Waals surface area contributed by atoms with Gasteiger partial charge in [-0.3, -0.25) is 0 Å². The third-order valence-corrected chi connectivity index (χ3v) is 4.86. The van der Waals surface area contributed by atoms with Crippen LogP contribution in [0.25, 0.3) is 0 Å². The summed E-state index contributed by atoms with van der Waals surface area (Å²) in [6.07, 6.45) is -5.14. The Morgan fingerprint density at radius 3 is 2.15 bits per heavy atom. The molecule has 26 heavy (non-hydrogen) atoms. The molecule has 0 atom stereocenters. The number of rotatable bonds is 5. The molecule has 0 aliphatic carbocycles. The molecule has 2 aromatic carbocycles. The van der Waals surface area contributed by atoms with Crippen molar-refractivity contribution in [2.75, 3.05) is 0 Å². The summed E-state index contributed by atoms with van der Waals surface area (Å²) in [5.41, 5.74) is -0.277. The van der Waals surface area contributed by atoms with Gasteiger partial charge in [-0.15, -0.1) is 13.2 Å². The van der Waals surface area contributed by atoms with Gasteiger partial charge in [0.15, 0.2) is 23.2 Å². The summed E-state index contributed by atoms with van der Waals surface area (Å²) in [4.78, 5) is -0.846. The molecule has 0 spiro atoms. The highest BCUT2D eigenvalue weighted by atomic mass is 79.9. The van der Waals surface area contributed by atoms with E-state index in [-0.39, 0.29) is 10.0 Å². The molecule has 2 rings (SSSR count). The topological polar surface area (TPSA) is 55.4 Å². The largest absolute Gasteiger partial charge is 0.573 e. The van der Waals surface area contributed by atoms with E-state index in [1.54, 1.807) is 0 Å². The number of hydrogen-bond acceptors (Lipinski definition) is 3. The van der Waals surface area contributed by atoms with E-state index >= 15 is 0 Å². The standard InChI is InChI=1S/C14H8BrF6NO3S/c15-8-1-2-12(11(5-8)25-14(19,20)21)26(23,24)22-6-7-3-9(16)13(18)10(17)4-7/h1-5,22H,6H2. The maximum Gasteiger partial charge on any atom is 0.573 e. The summed E-state index contributed by atoms with van der Waals surface area (Å²) in [6.45, 7) is -0.696. The number of ether oxygens (including phenoxy) is 1.